The van der Waals surface area contributed by atoms with Crippen molar-refractivity contribution in [2.45, 2.75) is 89.6 Å². The van der Waals surface area contributed by atoms with Gasteiger partial charge in [0.15, 0.2) is 11.0 Å². The topological polar surface area (TPSA) is 51.1 Å². The van der Waals surface area contributed by atoms with Crippen LogP contribution in [-0.2, 0) is 17.8 Å². The molecule has 0 aliphatic carbocycles. The molecule has 0 saturated carbocycles. The summed E-state index contributed by atoms with van der Waals surface area (Å²) in [4.78, 5) is 18.9. The largest absolute Gasteiger partial charge is 0.370 e. The van der Waals surface area contributed by atoms with Crippen LogP contribution in [0.4, 0.5) is 5.82 Å². The Labute approximate surface area is 193 Å². The lowest BCUT2D eigenvalue weighted by atomic mass is 9.87. The highest BCUT2D eigenvalue weighted by molar-refractivity contribution is 7.98. The number of rotatable bonds is 3. The Bertz CT molecular complexity index is 1150. The Hall–Kier alpha value is -1.44. The van der Waals surface area contributed by atoms with Crippen LogP contribution >= 0.6 is 23.1 Å². The Morgan fingerprint density at radius 3 is 2.68 bits per heavy atom. The minimum Gasteiger partial charge on any atom is -0.370 e. The first-order valence-electron chi connectivity index (χ1n) is 11.4. The van der Waals surface area contributed by atoms with Gasteiger partial charge in [0, 0.05) is 30.0 Å². The van der Waals surface area contributed by atoms with Gasteiger partial charge in [0.05, 0.1) is 28.1 Å². The molecule has 0 radical (unpaired) electrons. The number of ether oxygens (including phenoxy) is 1. The van der Waals surface area contributed by atoms with Crippen LogP contribution in [0.25, 0.3) is 20.4 Å². The van der Waals surface area contributed by atoms with Crippen LogP contribution in [0.3, 0.4) is 0 Å². The summed E-state index contributed by atoms with van der Waals surface area (Å²) in [5, 5.41) is 2.09. The van der Waals surface area contributed by atoms with E-state index < -0.39 is 0 Å². The first kappa shape index (κ1) is 21.4. The monoisotopic (exact) mass is 456 g/mol. The fourth-order valence-corrected chi connectivity index (χ4v) is 6.56. The molecule has 2 aliphatic rings. The molecule has 7 heteroatoms. The van der Waals surface area contributed by atoms with Gasteiger partial charge in [-0.3, -0.25) is 0 Å². The summed E-state index contributed by atoms with van der Waals surface area (Å²) in [5.41, 5.74) is 4.75. The summed E-state index contributed by atoms with van der Waals surface area (Å²) >= 11 is 3.41. The number of piperidine rings is 1. The van der Waals surface area contributed by atoms with Crippen LogP contribution in [0, 0.1) is 0 Å². The molecule has 0 aromatic carbocycles. The molecule has 1 atom stereocenters. The van der Waals surface area contributed by atoms with E-state index in [4.69, 9.17) is 19.7 Å². The third-order valence-corrected chi connectivity index (χ3v) is 8.30. The van der Waals surface area contributed by atoms with Crippen LogP contribution in [0.1, 0.15) is 76.6 Å². The molecule has 3 aromatic rings. The number of pyridine rings is 1. The third-order valence-electron chi connectivity index (χ3n) is 6.69. The van der Waals surface area contributed by atoms with Crippen LogP contribution in [0.5, 0.6) is 0 Å². The normalized spacial score (nSPS) is 21.3. The van der Waals surface area contributed by atoms with Gasteiger partial charge in [0.2, 0.25) is 0 Å². The standard InChI is InChI=1S/C24H32N4OS2/c1-13(2)18-16-12-29-24(4,5)11-15(16)17-19-20(31-22(17)25-18)21(27-23(26-19)30-6)28-10-8-7-9-14(28)3/h13-14H,7-12H2,1-6H3/t14-/m0/s1. The van der Waals surface area contributed by atoms with Crippen LogP contribution in [0.15, 0.2) is 5.16 Å². The van der Waals surface area contributed by atoms with Crippen molar-refractivity contribution in [3.05, 3.63) is 16.8 Å². The van der Waals surface area contributed by atoms with Crippen molar-refractivity contribution in [3.63, 3.8) is 0 Å². The molecule has 1 fully saturated rings. The first-order valence-corrected chi connectivity index (χ1v) is 13.4. The van der Waals surface area contributed by atoms with Crippen LogP contribution < -0.4 is 4.90 Å². The first-order chi connectivity index (χ1) is 14.8. The lowest BCUT2D eigenvalue weighted by Gasteiger charge is -2.34. The number of thiophene rings is 1. The molecule has 5 nitrogen and oxygen atoms in total. The third kappa shape index (κ3) is 3.62. The van der Waals surface area contributed by atoms with Gasteiger partial charge in [0.25, 0.3) is 0 Å². The molecule has 31 heavy (non-hydrogen) atoms. The summed E-state index contributed by atoms with van der Waals surface area (Å²) in [7, 11) is 0. The minimum atomic E-state index is -0.177. The molecule has 3 aromatic heterocycles. The van der Waals surface area contributed by atoms with Gasteiger partial charge in [-0.05, 0) is 57.8 Å². The Morgan fingerprint density at radius 1 is 1.16 bits per heavy atom. The maximum Gasteiger partial charge on any atom is 0.189 e. The molecular formula is C24H32N4OS2. The molecule has 2 aliphatic heterocycles. The van der Waals surface area contributed by atoms with Crippen LogP contribution in [-0.4, -0.2) is 39.4 Å². The van der Waals surface area contributed by atoms with E-state index in [2.05, 4.69) is 45.8 Å². The Kier molecular flexibility index (Phi) is 5.42. The molecule has 0 amide bonds. The number of hydrogen-bond acceptors (Lipinski definition) is 7. The van der Waals surface area contributed by atoms with E-state index >= 15 is 0 Å². The van der Waals surface area contributed by atoms with Gasteiger partial charge in [-0.1, -0.05) is 25.6 Å². The van der Waals surface area contributed by atoms with E-state index in [1.807, 2.05) is 0 Å². The molecular weight excluding hydrogens is 424 g/mol. The van der Waals surface area contributed by atoms with Gasteiger partial charge in [0.1, 0.15) is 4.83 Å². The molecule has 0 N–H and O–H groups in total. The number of thioether (sulfide) groups is 1. The quantitative estimate of drug-likeness (QED) is 0.340. The van der Waals surface area contributed by atoms with Crippen molar-refractivity contribution in [1.29, 1.82) is 0 Å². The molecule has 5 rings (SSSR count). The minimum absolute atomic E-state index is 0.177. The van der Waals surface area contributed by atoms with Crippen molar-refractivity contribution in [3.8, 4) is 0 Å². The zero-order valence-corrected chi connectivity index (χ0v) is 21.0. The molecule has 5 heterocycles. The second-order valence-corrected chi connectivity index (χ2v) is 11.6. The van der Waals surface area contributed by atoms with Crippen molar-refractivity contribution >= 4 is 49.3 Å². The lowest BCUT2D eigenvalue weighted by Crippen LogP contribution is -2.38. The molecule has 0 unspecified atom stereocenters. The Balaban J connectivity index is 1.84. The number of anilines is 1. The summed E-state index contributed by atoms with van der Waals surface area (Å²) in [6.07, 6.45) is 6.71. The average Bonchev–Trinajstić information content (AvgIpc) is 3.10. The number of hydrogen-bond donors (Lipinski definition) is 0. The van der Waals surface area contributed by atoms with Gasteiger partial charge < -0.3 is 9.64 Å². The fraction of sp³-hybridized carbons (Fsp3) is 0.625. The van der Waals surface area contributed by atoms with Gasteiger partial charge in [-0.2, -0.15) is 0 Å². The van der Waals surface area contributed by atoms with Crippen molar-refractivity contribution < 1.29 is 4.74 Å². The van der Waals surface area contributed by atoms with E-state index in [-0.39, 0.29) is 5.60 Å². The average molecular weight is 457 g/mol. The summed E-state index contributed by atoms with van der Waals surface area (Å²) in [6.45, 7) is 12.9. The number of nitrogens with zero attached hydrogens (tertiary/aromatic N) is 4. The highest BCUT2D eigenvalue weighted by Gasteiger charge is 2.33. The predicted molar refractivity (Wildman–Crippen MR) is 132 cm³/mol. The second kappa shape index (κ2) is 7.85. The summed E-state index contributed by atoms with van der Waals surface area (Å²) < 4.78 is 7.41. The SMILES string of the molecule is CSc1nc(N2CCCC[C@@H]2C)c2sc3nc(C(C)C)c4c(c3c2n1)CC(C)(C)OC4. The smallest absolute Gasteiger partial charge is 0.189 e. The molecule has 1 saturated heterocycles. The van der Waals surface area contributed by atoms with E-state index in [1.165, 1.54) is 46.2 Å². The summed E-state index contributed by atoms with van der Waals surface area (Å²) in [6, 6.07) is 0.507. The second-order valence-electron chi connectivity index (χ2n) is 9.87. The fourth-order valence-electron chi connectivity index (χ4n) is 5.04. The Morgan fingerprint density at radius 2 is 1.97 bits per heavy atom. The van der Waals surface area contributed by atoms with Gasteiger partial charge >= 0.3 is 0 Å². The molecule has 166 valence electrons. The lowest BCUT2D eigenvalue weighted by molar-refractivity contribution is -0.0402. The highest BCUT2D eigenvalue weighted by atomic mass is 32.2. The predicted octanol–water partition coefficient (Wildman–Crippen LogP) is 6.31. The number of aromatic nitrogens is 3. The van der Waals surface area contributed by atoms with Crippen molar-refractivity contribution in [2.24, 2.45) is 0 Å². The maximum absolute atomic E-state index is 6.22. The molecule has 0 bridgehead atoms. The van der Waals surface area contributed by atoms with Crippen molar-refractivity contribution in [2.75, 3.05) is 17.7 Å². The van der Waals surface area contributed by atoms with E-state index in [0.717, 1.165) is 34.3 Å². The van der Waals surface area contributed by atoms with E-state index in [0.29, 0.717) is 18.6 Å². The molecule has 0 spiro atoms. The van der Waals surface area contributed by atoms with E-state index in [1.54, 1.807) is 23.1 Å². The zero-order valence-electron chi connectivity index (χ0n) is 19.4. The number of fused-ring (bicyclic) bond motifs is 5. The highest BCUT2D eigenvalue weighted by Crippen LogP contribution is 2.45. The van der Waals surface area contributed by atoms with E-state index in [9.17, 15) is 0 Å². The zero-order chi connectivity index (χ0) is 21.9. The van der Waals surface area contributed by atoms with Gasteiger partial charge in [-0.15, -0.1) is 11.3 Å². The van der Waals surface area contributed by atoms with Crippen LogP contribution in [0.2, 0.25) is 0 Å². The van der Waals surface area contributed by atoms with Crippen molar-refractivity contribution in [1.82, 2.24) is 15.0 Å². The van der Waals surface area contributed by atoms with Gasteiger partial charge in [-0.25, -0.2) is 15.0 Å². The maximum atomic E-state index is 6.22. The summed E-state index contributed by atoms with van der Waals surface area (Å²) in [5.74, 6) is 1.47.